The Labute approximate surface area is 189 Å². The van der Waals surface area contributed by atoms with Crippen molar-refractivity contribution < 1.29 is 13.2 Å². The second-order valence-corrected chi connectivity index (χ2v) is 11.9. The summed E-state index contributed by atoms with van der Waals surface area (Å²) in [5.74, 6) is 0.315. The third kappa shape index (κ3) is 4.39. The van der Waals surface area contributed by atoms with Gasteiger partial charge in [-0.25, -0.2) is 13.4 Å². The van der Waals surface area contributed by atoms with E-state index in [0.29, 0.717) is 34.7 Å². The molecule has 2 saturated heterocycles. The number of carbonyl (C=O) groups excluding carboxylic acids is 1. The minimum absolute atomic E-state index is 0.0486. The molecule has 4 rings (SSSR count). The summed E-state index contributed by atoms with van der Waals surface area (Å²) in [6.07, 6.45) is 3.51. The monoisotopic (exact) mass is 478 g/mol. The number of hydrogen-bond acceptors (Lipinski definition) is 8. The van der Waals surface area contributed by atoms with Crippen LogP contribution in [-0.4, -0.2) is 57.0 Å². The molecule has 8 nitrogen and oxygen atoms in total. The number of sulfone groups is 1. The van der Waals surface area contributed by atoms with Gasteiger partial charge in [0.05, 0.1) is 28.0 Å². The van der Waals surface area contributed by atoms with Crippen molar-refractivity contribution in [2.75, 3.05) is 23.4 Å². The van der Waals surface area contributed by atoms with Gasteiger partial charge in [-0.15, -0.1) is 0 Å². The summed E-state index contributed by atoms with van der Waals surface area (Å²) < 4.78 is 25.5. The predicted octanol–water partition coefficient (Wildman–Crippen LogP) is 2.15. The molecule has 2 fully saturated rings. The summed E-state index contributed by atoms with van der Waals surface area (Å²) in [5, 5.41) is 3.21. The first kappa shape index (κ1) is 22.0. The summed E-state index contributed by atoms with van der Waals surface area (Å²) in [5.41, 5.74) is 0.467. The Morgan fingerprint density at radius 2 is 2.13 bits per heavy atom. The van der Waals surface area contributed by atoms with E-state index in [1.807, 2.05) is 13.8 Å². The number of carbonyl (C=O) groups is 1. The van der Waals surface area contributed by atoms with Crippen molar-refractivity contribution in [3.05, 3.63) is 45.2 Å². The SMILES string of the molecule is CC(C)CNc1nc2ccccn2c(=O)c1C=C1SC(=S)N(C2CCS(=O)(=O)C2)C1=O. The van der Waals surface area contributed by atoms with E-state index in [0.717, 1.165) is 11.8 Å². The van der Waals surface area contributed by atoms with E-state index in [-0.39, 0.29) is 33.4 Å². The van der Waals surface area contributed by atoms with Gasteiger partial charge in [0.1, 0.15) is 15.8 Å². The van der Waals surface area contributed by atoms with E-state index >= 15 is 0 Å². The molecule has 11 heteroatoms. The fourth-order valence-corrected chi connectivity index (χ4v) is 6.66. The van der Waals surface area contributed by atoms with Gasteiger partial charge in [-0.2, -0.15) is 0 Å². The van der Waals surface area contributed by atoms with Crippen LogP contribution in [0.2, 0.25) is 0 Å². The van der Waals surface area contributed by atoms with Crippen LogP contribution in [0.1, 0.15) is 25.8 Å². The Morgan fingerprint density at radius 1 is 1.35 bits per heavy atom. The zero-order valence-electron chi connectivity index (χ0n) is 17.1. The fraction of sp³-hybridized carbons (Fsp3) is 0.400. The quantitative estimate of drug-likeness (QED) is 0.515. The lowest BCUT2D eigenvalue weighted by Gasteiger charge is -2.20. The molecule has 2 aliphatic rings. The van der Waals surface area contributed by atoms with Gasteiger partial charge in [0.2, 0.25) is 0 Å². The molecule has 4 heterocycles. The maximum absolute atomic E-state index is 13.2. The van der Waals surface area contributed by atoms with Crippen LogP contribution >= 0.6 is 24.0 Å². The highest BCUT2D eigenvalue weighted by Crippen LogP contribution is 2.36. The van der Waals surface area contributed by atoms with Crippen molar-refractivity contribution >= 4 is 61.6 Å². The third-order valence-electron chi connectivity index (χ3n) is 5.12. The lowest BCUT2D eigenvalue weighted by Crippen LogP contribution is -2.39. The number of rotatable bonds is 5. The molecule has 0 saturated carbocycles. The van der Waals surface area contributed by atoms with E-state index in [1.54, 1.807) is 24.4 Å². The van der Waals surface area contributed by atoms with Crippen LogP contribution in [0, 0.1) is 5.92 Å². The summed E-state index contributed by atoms with van der Waals surface area (Å²) in [7, 11) is -3.16. The maximum atomic E-state index is 13.2. The third-order valence-corrected chi connectivity index (χ3v) is 8.20. The molecule has 1 atom stereocenters. The molecule has 1 unspecified atom stereocenters. The molecule has 0 radical (unpaired) electrons. The minimum atomic E-state index is -3.16. The molecular weight excluding hydrogens is 456 g/mol. The first-order valence-corrected chi connectivity index (χ1v) is 12.9. The van der Waals surface area contributed by atoms with Gasteiger partial charge < -0.3 is 5.32 Å². The molecular formula is C20H22N4O4S3. The number of amides is 1. The van der Waals surface area contributed by atoms with E-state index in [9.17, 15) is 18.0 Å². The Morgan fingerprint density at radius 3 is 2.81 bits per heavy atom. The van der Waals surface area contributed by atoms with Crippen molar-refractivity contribution in [1.82, 2.24) is 14.3 Å². The lowest BCUT2D eigenvalue weighted by molar-refractivity contribution is -0.123. The van der Waals surface area contributed by atoms with Gasteiger partial charge in [0, 0.05) is 12.7 Å². The van der Waals surface area contributed by atoms with Gasteiger partial charge in [-0.3, -0.25) is 18.9 Å². The standard InChI is InChI=1S/C20H22N4O4S3/c1-12(2)10-21-17-14(18(25)23-7-4-3-5-16(23)22-17)9-15-19(26)24(20(29)30-15)13-6-8-31(27,28)11-13/h3-5,7,9,12-13,21H,6,8,10-11H2,1-2H3. The van der Waals surface area contributed by atoms with Crippen molar-refractivity contribution in [2.24, 2.45) is 5.92 Å². The fourth-order valence-electron chi connectivity index (χ4n) is 3.57. The number of thioether (sulfide) groups is 1. The lowest BCUT2D eigenvalue weighted by atomic mass is 10.2. The molecule has 1 amide bonds. The van der Waals surface area contributed by atoms with Crippen molar-refractivity contribution in [1.29, 1.82) is 0 Å². The Hall–Kier alpha value is -2.24. The number of nitrogens with one attached hydrogen (secondary N) is 1. The average Bonchev–Trinajstić information content (AvgIpc) is 3.20. The van der Waals surface area contributed by atoms with E-state index in [1.165, 1.54) is 15.4 Å². The number of pyridine rings is 1. The molecule has 0 aliphatic carbocycles. The predicted molar refractivity (Wildman–Crippen MR) is 127 cm³/mol. The minimum Gasteiger partial charge on any atom is -0.369 e. The maximum Gasteiger partial charge on any atom is 0.267 e. The number of anilines is 1. The van der Waals surface area contributed by atoms with Crippen LogP contribution in [0.25, 0.3) is 11.7 Å². The highest BCUT2D eigenvalue weighted by atomic mass is 32.2. The number of thiocarbonyl (C=S) groups is 1. The molecule has 164 valence electrons. The first-order valence-electron chi connectivity index (χ1n) is 9.89. The van der Waals surface area contributed by atoms with E-state index in [2.05, 4.69) is 10.3 Å². The second-order valence-electron chi connectivity index (χ2n) is 7.99. The molecule has 31 heavy (non-hydrogen) atoms. The van der Waals surface area contributed by atoms with Crippen LogP contribution in [0.15, 0.2) is 34.1 Å². The Balaban J connectivity index is 1.75. The van der Waals surface area contributed by atoms with Crippen molar-refractivity contribution in [3.8, 4) is 0 Å². The van der Waals surface area contributed by atoms with Gasteiger partial charge in [0.25, 0.3) is 11.5 Å². The molecule has 0 aromatic carbocycles. The zero-order valence-corrected chi connectivity index (χ0v) is 19.5. The molecule has 1 N–H and O–H groups in total. The molecule has 0 spiro atoms. The van der Waals surface area contributed by atoms with Gasteiger partial charge in [-0.05, 0) is 30.5 Å². The summed E-state index contributed by atoms with van der Waals surface area (Å²) in [4.78, 5) is 32.5. The normalized spacial score (nSPS) is 22.2. The largest absolute Gasteiger partial charge is 0.369 e. The van der Waals surface area contributed by atoms with Crippen molar-refractivity contribution in [3.63, 3.8) is 0 Å². The summed E-state index contributed by atoms with van der Waals surface area (Å²) >= 11 is 6.45. The van der Waals surface area contributed by atoms with E-state index < -0.39 is 15.9 Å². The van der Waals surface area contributed by atoms with Gasteiger partial charge in [-0.1, -0.05) is 43.9 Å². The van der Waals surface area contributed by atoms with Crippen LogP contribution in [0.3, 0.4) is 0 Å². The van der Waals surface area contributed by atoms with Crippen LogP contribution in [-0.2, 0) is 14.6 Å². The number of nitrogens with zero attached hydrogens (tertiary/aromatic N) is 3. The molecule has 2 aromatic rings. The Bertz CT molecular complexity index is 1270. The highest BCUT2D eigenvalue weighted by molar-refractivity contribution is 8.26. The van der Waals surface area contributed by atoms with Crippen LogP contribution in [0.5, 0.6) is 0 Å². The second kappa shape index (κ2) is 8.36. The molecule has 2 aliphatic heterocycles. The Kier molecular flexibility index (Phi) is 5.93. The first-order chi connectivity index (χ1) is 14.7. The average molecular weight is 479 g/mol. The smallest absolute Gasteiger partial charge is 0.267 e. The van der Waals surface area contributed by atoms with Crippen LogP contribution < -0.4 is 10.9 Å². The van der Waals surface area contributed by atoms with Gasteiger partial charge >= 0.3 is 0 Å². The van der Waals surface area contributed by atoms with E-state index in [4.69, 9.17) is 12.2 Å². The summed E-state index contributed by atoms with van der Waals surface area (Å²) in [6, 6.07) is 4.82. The van der Waals surface area contributed by atoms with Crippen LogP contribution in [0.4, 0.5) is 5.82 Å². The number of aromatic nitrogens is 2. The molecule has 0 bridgehead atoms. The van der Waals surface area contributed by atoms with Gasteiger partial charge in [0.15, 0.2) is 9.84 Å². The van der Waals surface area contributed by atoms with Crippen molar-refractivity contribution in [2.45, 2.75) is 26.3 Å². The topological polar surface area (TPSA) is 101 Å². The number of fused-ring (bicyclic) bond motifs is 1. The zero-order chi connectivity index (χ0) is 22.3. The molecule has 2 aromatic heterocycles. The number of hydrogen-bond donors (Lipinski definition) is 1. The highest BCUT2D eigenvalue weighted by Gasteiger charge is 2.42. The summed E-state index contributed by atoms with van der Waals surface area (Å²) in [6.45, 7) is 4.69.